The van der Waals surface area contributed by atoms with E-state index in [2.05, 4.69) is 27.7 Å². The highest BCUT2D eigenvalue weighted by molar-refractivity contribution is 6.30. The summed E-state index contributed by atoms with van der Waals surface area (Å²) in [4.78, 5) is 28.1. The number of rotatable bonds is 8. The van der Waals surface area contributed by atoms with E-state index >= 15 is 0 Å². The van der Waals surface area contributed by atoms with Crippen molar-refractivity contribution < 1.29 is 14.3 Å². The third kappa shape index (κ3) is 5.89. The van der Waals surface area contributed by atoms with Crippen LogP contribution < -0.4 is 15.4 Å². The quantitative estimate of drug-likeness (QED) is 0.444. The lowest BCUT2D eigenvalue weighted by molar-refractivity contribution is -0.121. The maximum atomic E-state index is 12.8. The van der Waals surface area contributed by atoms with Crippen LogP contribution in [0.3, 0.4) is 0 Å². The molecule has 7 heteroatoms. The largest absolute Gasteiger partial charge is 0.457 e. The Morgan fingerprint density at radius 1 is 0.889 bits per heavy atom. The summed E-state index contributed by atoms with van der Waals surface area (Å²) in [5.74, 6) is 0.591. The number of ether oxygens (including phenoxy) is 1. The lowest BCUT2D eigenvalue weighted by atomic mass is 9.96. The molecule has 2 amide bonds. The molecule has 0 aromatic heterocycles. The van der Waals surface area contributed by atoms with E-state index in [9.17, 15) is 9.59 Å². The number of para-hydroxylation sites is 2. The summed E-state index contributed by atoms with van der Waals surface area (Å²) in [5.41, 5.74) is 1.65. The van der Waals surface area contributed by atoms with Gasteiger partial charge in [-0.15, -0.1) is 0 Å². The van der Waals surface area contributed by atoms with Crippen LogP contribution in [0.15, 0.2) is 78.9 Å². The zero-order chi connectivity index (χ0) is 24.9. The van der Waals surface area contributed by atoms with Gasteiger partial charge in [-0.25, -0.2) is 0 Å². The number of benzene rings is 3. The van der Waals surface area contributed by atoms with Crippen LogP contribution in [-0.2, 0) is 11.3 Å². The Morgan fingerprint density at radius 3 is 2.28 bits per heavy atom. The van der Waals surface area contributed by atoms with Crippen LogP contribution in [0, 0.1) is 0 Å². The molecule has 0 unspecified atom stereocenters. The van der Waals surface area contributed by atoms with Crippen molar-refractivity contribution in [1.82, 2.24) is 15.5 Å². The molecule has 2 N–H and O–H groups in total. The van der Waals surface area contributed by atoms with Gasteiger partial charge >= 0.3 is 0 Å². The van der Waals surface area contributed by atoms with Gasteiger partial charge in [0.25, 0.3) is 5.91 Å². The van der Waals surface area contributed by atoms with Crippen molar-refractivity contribution in [2.45, 2.75) is 50.4 Å². The molecular formula is C29H30ClN3O3. The average molecular weight is 504 g/mol. The molecule has 0 spiro atoms. The Labute approximate surface area is 216 Å². The Morgan fingerprint density at radius 2 is 1.56 bits per heavy atom. The number of amides is 2. The Kier molecular flexibility index (Phi) is 7.54. The van der Waals surface area contributed by atoms with Gasteiger partial charge < -0.3 is 15.4 Å². The first-order valence-electron chi connectivity index (χ1n) is 12.4. The molecule has 0 aliphatic carbocycles. The first-order chi connectivity index (χ1) is 17.5. The summed E-state index contributed by atoms with van der Waals surface area (Å²) in [6.07, 6.45) is 4.16. The lowest BCUT2D eigenvalue weighted by Gasteiger charge is -2.39. The second-order valence-electron chi connectivity index (χ2n) is 9.51. The van der Waals surface area contributed by atoms with Crippen LogP contribution >= 0.6 is 11.6 Å². The number of nitrogens with one attached hydrogen (secondary N) is 2. The standard InChI is InChI=1S/C29H30ClN3O3/c30-21-12-10-20(11-13-21)19-33-23-14-15-24(33)17-22(16-23)32-28(34)18-31-29(35)26-8-4-5-9-27(26)36-25-6-2-1-3-7-25/h1-13,22-24H,14-19H2,(H,31,35)(H,32,34)/t22-,23+,24-. The molecule has 3 aromatic carbocycles. The highest BCUT2D eigenvalue weighted by Gasteiger charge is 2.40. The topological polar surface area (TPSA) is 70.7 Å². The van der Waals surface area contributed by atoms with Crippen molar-refractivity contribution in [1.29, 1.82) is 0 Å². The normalized spacial score (nSPS) is 21.1. The first kappa shape index (κ1) is 24.3. The van der Waals surface area contributed by atoms with Gasteiger partial charge in [0, 0.05) is 29.7 Å². The number of hydrogen-bond acceptors (Lipinski definition) is 4. The van der Waals surface area contributed by atoms with Crippen LogP contribution in [0.4, 0.5) is 0 Å². The van der Waals surface area contributed by atoms with Crippen LogP contribution in [0.25, 0.3) is 0 Å². The minimum atomic E-state index is -0.338. The second kappa shape index (κ2) is 11.1. The molecule has 0 saturated carbocycles. The fourth-order valence-electron chi connectivity index (χ4n) is 5.34. The van der Waals surface area contributed by atoms with E-state index in [0.29, 0.717) is 29.1 Å². The fraction of sp³-hybridized carbons (Fsp3) is 0.310. The van der Waals surface area contributed by atoms with E-state index in [1.165, 1.54) is 5.56 Å². The van der Waals surface area contributed by atoms with E-state index in [0.717, 1.165) is 37.3 Å². The van der Waals surface area contributed by atoms with Crippen molar-refractivity contribution in [2.24, 2.45) is 0 Å². The minimum absolute atomic E-state index is 0.0706. The molecule has 2 fully saturated rings. The molecule has 2 heterocycles. The molecule has 5 rings (SSSR count). The van der Waals surface area contributed by atoms with Gasteiger partial charge in [0.2, 0.25) is 5.91 Å². The van der Waals surface area contributed by atoms with E-state index in [1.807, 2.05) is 48.5 Å². The van der Waals surface area contributed by atoms with Crippen molar-refractivity contribution in [2.75, 3.05) is 6.54 Å². The Balaban J connectivity index is 1.12. The van der Waals surface area contributed by atoms with E-state index in [4.69, 9.17) is 16.3 Å². The number of carbonyl (C=O) groups excluding carboxylic acids is 2. The Hall–Kier alpha value is -3.35. The Bertz CT molecular complexity index is 1190. The van der Waals surface area contributed by atoms with Crippen LogP contribution in [0.5, 0.6) is 11.5 Å². The predicted molar refractivity (Wildman–Crippen MR) is 140 cm³/mol. The number of nitrogens with zero attached hydrogens (tertiary/aromatic N) is 1. The molecule has 2 aliphatic heterocycles. The third-order valence-corrected chi connectivity index (χ3v) is 7.29. The molecular weight excluding hydrogens is 474 g/mol. The number of carbonyl (C=O) groups is 2. The smallest absolute Gasteiger partial charge is 0.255 e. The molecule has 36 heavy (non-hydrogen) atoms. The van der Waals surface area contributed by atoms with Crippen LogP contribution in [0.2, 0.25) is 5.02 Å². The minimum Gasteiger partial charge on any atom is -0.457 e. The molecule has 2 aliphatic rings. The number of piperidine rings is 1. The van der Waals surface area contributed by atoms with Crippen LogP contribution in [-0.4, -0.2) is 41.4 Å². The maximum absolute atomic E-state index is 12.8. The van der Waals surface area contributed by atoms with E-state index in [1.54, 1.807) is 18.2 Å². The predicted octanol–water partition coefficient (Wildman–Crippen LogP) is 5.17. The second-order valence-corrected chi connectivity index (χ2v) is 9.95. The summed E-state index contributed by atoms with van der Waals surface area (Å²) in [7, 11) is 0. The monoisotopic (exact) mass is 503 g/mol. The first-order valence-corrected chi connectivity index (χ1v) is 12.8. The highest BCUT2D eigenvalue weighted by Crippen LogP contribution is 2.37. The van der Waals surface area contributed by atoms with Gasteiger partial charge in [0.05, 0.1) is 12.1 Å². The number of fused-ring (bicyclic) bond motifs is 2. The van der Waals surface area contributed by atoms with Gasteiger partial charge in [-0.1, -0.05) is 54.1 Å². The molecule has 2 bridgehead atoms. The number of halogens is 1. The zero-order valence-corrected chi connectivity index (χ0v) is 20.8. The maximum Gasteiger partial charge on any atom is 0.255 e. The summed E-state index contributed by atoms with van der Waals surface area (Å²) >= 11 is 6.03. The van der Waals surface area contributed by atoms with Crippen LogP contribution in [0.1, 0.15) is 41.6 Å². The molecule has 3 atom stereocenters. The van der Waals surface area contributed by atoms with Gasteiger partial charge in [-0.2, -0.15) is 0 Å². The highest BCUT2D eigenvalue weighted by atomic mass is 35.5. The van der Waals surface area contributed by atoms with E-state index in [-0.39, 0.29) is 24.4 Å². The van der Waals surface area contributed by atoms with Gasteiger partial charge in [-0.3, -0.25) is 14.5 Å². The molecule has 2 saturated heterocycles. The van der Waals surface area contributed by atoms with Crippen molar-refractivity contribution >= 4 is 23.4 Å². The molecule has 3 aromatic rings. The van der Waals surface area contributed by atoms with Gasteiger partial charge in [0.1, 0.15) is 11.5 Å². The average Bonchev–Trinajstić information content (AvgIpc) is 3.11. The zero-order valence-electron chi connectivity index (χ0n) is 20.0. The summed E-state index contributed by atoms with van der Waals surface area (Å²) in [6, 6.07) is 25.4. The van der Waals surface area contributed by atoms with Crippen molar-refractivity contribution in [3.05, 3.63) is 95.0 Å². The van der Waals surface area contributed by atoms with Gasteiger partial charge in [0.15, 0.2) is 0 Å². The van der Waals surface area contributed by atoms with Crippen molar-refractivity contribution in [3.63, 3.8) is 0 Å². The molecule has 186 valence electrons. The summed E-state index contributed by atoms with van der Waals surface area (Å²) in [5, 5.41) is 6.64. The molecule has 0 radical (unpaired) electrons. The third-order valence-electron chi connectivity index (χ3n) is 7.04. The number of hydrogen-bond donors (Lipinski definition) is 2. The molecule has 6 nitrogen and oxygen atoms in total. The van der Waals surface area contributed by atoms with Crippen molar-refractivity contribution in [3.8, 4) is 11.5 Å². The summed E-state index contributed by atoms with van der Waals surface area (Å²) in [6.45, 7) is 0.840. The van der Waals surface area contributed by atoms with E-state index < -0.39 is 0 Å². The summed E-state index contributed by atoms with van der Waals surface area (Å²) < 4.78 is 5.88. The fourth-order valence-corrected chi connectivity index (χ4v) is 5.47. The SMILES string of the molecule is O=C(CNC(=O)c1ccccc1Oc1ccccc1)N[C@H]1C[C@H]2CC[C@@H](C1)N2Cc1ccc(Cl)cc1. The van der Waals surface area contributed by atoms with Gasteiger partial charge in [-0.05, 0) is 67.6 Å². The lowest BCUT2D eigenvalue weighted by Crippen LogP contribution is -2.51.